The highest BCUT2D eigenvalue weighted by molar-refractivity contribution is 7.90. The molecule has 0 aliphatic carbocycles. The van der Waals surface area contributed by atoms with Crippen molar-refractivity contribution in [1.29, 1.82) is 0 Å². The Balaban J connectivity index is 1.19. The summed E-state index contributed by atoms with van der Waals surface area (Å²) in [4.78, 5) is 16.4. The Labute approximate surface area is 239 Å². The quantitative estimate of drug-likeness (QED) is 0.231. The number of anilines is 1. The number of aliphatic hydroxyl groups excluding tert-OH is 1. The number of fused-ring (bicyclic) bond motifs is 1. The Hall–Kier alpha value is -4.25. The van der Waals surface area contributed by atoms with Crippen LogP contribution in [0.1, 0.15) is 29.2 Å². The number of nitrogens with one attached hydrogen (secondary N) is 3. The maximum absolute atomic E-state index is 12.9. The molecule has 4 N–H and O–H groups in total. The minimum absolute atomic E-state index is 0.0114. The van der Waals surface area contributed by atoms with Crippen LogP contribution in [0.2, 0.25) is 0 Å². The molecule has 10 heteroatoms. The fraction of sp³-hybridized carbons (Fsp3) is 0.226. The highest BCUT2D eigenvalue weighted by Crippen LogP contribution is 2.32. The van der Waals surface area contributed by atoms with Gasteiger partial charge in [0.1, 0.15) is 11.9 Å². The zero-order chi connectivity index (χ0) is 28.8. The molecular weight excluding hydrogens is 540 g/mol. The molecule has 1 aromatic heterocycles. The van der Waals surface area contributed by atoms with Crippen molar-refractivity contribution in [2.45, 2.75) is 36.9 Å². The lowest BCUT2D eigenvalue weighted by Gasteiger charge is -2.27. The number of aryl methyl sites for hydroxylation is 2. The Morgan fingerprint density at radius 1 is 1.05 bits per heavy atom. The molecule has 0 unspecified atom stereocenters. The van der Waals surface area contributed by atoms with Crippen molar-refractivity contribution in [1.82, 2.24) is 15.0 Å². The van der Waals surface area contributed by atoms with E-state index in [1.165, 1.54) is 6.07 Å². The molecule has 212 valence electrons. The maximum atomic E-state index is 12.9. The molecule has 4 aromatic rings. The van der Waals surface area contributed by atoms with Gasteiger partial charge in [0, 0.05) is 36.7 Å². The third-order valence-corrected chi connectivity index (χ3v) is 8.21. The van der Waals surface area contributed by atoms with Crippen LogP contribution < -0.4 is 20.1 Å². The van der Waals surface area contributed by atoms with Crippen molar-refractivity contribution in [2.24, 2.45) is 0 Å². The summed E-state index contributed by atoms with van der Waals surface area (Å²) in [5, 5.41) is 16.1. The van der Waals surface area contributed by atoms with E-state index in [2.05, 4.69) is 20.3 Å². The Morgan fingerprint density at radius 2 is 1.85 bits per heavy atom. The van der Waals surface area contributed by atoms with Gasteiger partial charge in [-0.15, -0.1) is 0 Å². The Kier molecular flexibility index (Phi) is 8.63. The molecule has 0 saturated heterocycles. The molecule has 3 aromatic carbocycles. The van der Waals surface area contributed by atoms with Gasteiger partial charge in [-0.3, -0.25) is 4.98 Å². The topological polar surface area (TPSA) is 130 Å². The molecule has 0 radical (unpaired) electrons. The minimum atomic E-state index is -4.09. The highest BCUT2D eigenvalue weighted by atomic mass is 32.2. The Morgan fingerprint density at radius 3 is 2.63 bits per heavy atom. The van der Waals surface area contributed by atoms with E-state index in [4.69, 9.17) is 4.74 Å². The van der Waals surface area contributed by atoms with Gasteiger partial charge < -0.3 is 20.5 Å². The van der Waals surface area contributed by atoms with Crippen molar-refractivity contribution < 1.29 is 23.1 Å². The van der Waals surface area contributed by atoms with Crippen molar-refractivity contribution in [3.05, 3.63) is 108 Å². The van der Waals surface area contributed by atoms with Crippen LogP contribution in [-0.4, -0.2) is 43.7 Å². The van der Waals surface area contributed by atoms with Gasteiger partial charge in [0.15, 0.2) is 0 Å². The molecule has 0 bridgehead atoms. The first-order valence-electron chi connectivity index (χ1n) is 13.4. The number of sulfonamides is 1. The molecule has 0 spiro atoms. The third-order valence-electron chi connectivity index (χ3n) is 6.88. The van der Waals surface area contributed by atoms with E-state index in [9.17, 15) is 18.3 Å². The summed E-state index contributed by atoms with van der Waals surface area (Å²) in [5.41, 5.74) is 4.89. The van der Waals surface area contributed by atoms with Crippen LogP contribution in [0.4, 0.5) is 10.5 Å². The molecule has 2 heterocycles. The average molecular weight is 573 g/mol. The van der Waals surface area contributed by atoms with E-state index < -0.39 is 22.2 Å². The number of urea groups is 1. The first-order chi connectivity index (χ1) is 19.8. The second-order valence-corrected chi connectivity index (χ2v) is 11.7. The largest absolute Gasteiger partial charge is 0.489 e. The number of hydrogen-bond donors (Lipinski definition) is 4. The number of aliphatic hydroxyl groups is 1. The van der Waals surface area contributed by atoms with E-state index in [1.54, 1.807) is 42.7 Å². The van der Waals surface area contributed by atoms with Crippen molar-refractivity contribution in [3.8, 4) is 16.9 Å². The SMILES string of the molecule is Cc1ccc(NC(=O)NS(=O)(=O)c2cccc(-c3ccc4c(c3)CC[C@H](CNC[C@H](O)c3cccnc3)O4)c2)cc1. The molecule has 5 rings (SSSR count). The highest BCUT2D eigenvalue weighted by Gasteiger charge is 2.22. The van der Waals surface area contributed by atoms with Crippen LogP contribution in [0.25, 0.3) is 11.1 Å². The van der Waals surface area contributed by atoms with Gasteiger partial charge in [-0.1, -0.05) is 42.0 Å². The van der Waals surface area contributed by atoms with Crippen molar-refractivity contribution in [3.63, 3.8) is 0 Å². The first-order valence-corrected chi connectivity index (χ1v) is 14.8. The molecule has 2 atom stereocenters. The number of nitrogens with zero attached hydrogens (tertiary/aromatic N) is 1. The summed E-state index contributed by atoms with van der Waals surface area (Å²) in [6.07, 6.45) is 4.27. The van der Waals surface area contributed by atoms with Gasteiger partial charge in [0.2, 0.25) is 0 Å². The molecule has 0 saturated carbocycles. The minimum Gasteiger partial charge on any atom is -0.489 e. The van der Waals surface area contributed by atoms with E-state index >= 15 is 0 Å². The first kappa shape index (κ1) is 28.3. The van der Waals surface area contributed by atoms with E-state index in [0.29, 0.717) is 24.3 Å². The van der Waals surface area contributed by atoms with Crippen LogP contribution in [-0.2, 0) is 16.4 Å². The van der Waals surface area contributed by atoms with Gasteiger partial charge in [-0.25, -0.2) is 17.9 Å². The Bertz CT molecular complexity index is 1610. The monoisotopic (exact) mass is 572 g/mol. The number of benzene rings is 3. The fourth-order valence-electron chi connectivity index (χ4n) is 4.66. The smallest absolute Gasteiger partial charge is 0.333 e. The summed E-state index contributed by atoms with van der Waals surface area (Å²) in [7, 11) is -4.09. The molecule has 9 nitrogen and oxygen atoms in total. The number of ether oxygens (including phenoxy) is 1. The number of carbonyl (C=O) groups is 1. The fourth-order valence-corrected chi connectivity index (χ4v) is 5.61. The van der Waals surface area contributed by atoms with E-state index in [0.717, 1.165) is 40.8 Å². The average Bonchev–Trinajstić information content (AvgIpc) is 2.98. The summed E-state index contributed by atoms with van der Waals surface area (Å²) < 4.78 is 34.1. The normalized spacial score (nSPS) is 15.3. The van der Waals surface area contributed by atoms with Gasteiger partial charge in [0.25, 0.3) is 10.0 Å². The summed E-state index contributed by atoms with van der Waals surface area (Å²) >= 11 is 0. The van der Waals surface area contributed by atoms with Gasteiger partial charge >= 0.3 is 6.03 Å². The second kappa shape index (κ2) is 12.5. The van der Waals surface area contributed by atoms with Gasteiger partial charge in [-0.05, 0) is 78.9 Å². The summed E-state index contributed by atoms with van der Waals surface area (Å²) in [5.74, 6) is 0.790. The van der Waals surface area contributed by atoms with E-state index in [1.807, 2.05) is 49.4 Å². The molecule has 1 aliphatic rings. The number of pyridine rings is 1. The molecule has 1 aliphatic heterocycles. The number of hydrogen-bond acceptors (Lipinski definition) is 7. The van der Waals surface area contributed by atoms with Crippen LogP contribution in [0.15, 0.2) is 96.2 Å². The molecule has 41 heavy (non-hydrogen) atoms. The number of carbonyl (C=O) groups excluding carboxylic acids is 1. The van der Waals surface area contributed by atoms with Crippen molar-refractivity contribution >= 4 is 21.7 Å². The molecule has 2 amide bonds. The van der Waals surface area contributed by atoms with Gasteiger partial charge in [0.05, 0.1) is 11.0 Å². The maximum Gasteiger partial charge on any atom is 0.333 e. The molecular formula is C31H32N4O5S. The standard InChI is InChI=1S/C31H32N4O5S/c1-21-7-11-26(12-8-21)34-31(37)35-41(38,39)28-6-2-4-22(17-28)23-10-14-30-24(16-23)9-13-27(40-30)19-33-20-29(36)25-5-3-15-32-18-25/h2-8,10-12,14-18,27,29,33,36H,9,13,19-20H2,1H3,(H2,34,35,37)/t27-,29+/m1/s1. The predicted molar refractivity (Wildman–Crippen MR) is 157 cm³/mol. The van der Waals surface area contributed by atoms with Crippen LogP contribution in [0, 0.1) is 6.92 Å². The lowest BCUT2D eigenvalue weighted by Crippen LogP contribution is -2.36. The zero-order valence-corrected chi connectivity index (χ0v) is 23.4. The van der Waals surface area contributed by atoms with Crippen molar-refractivity contribution in [2.75, 3.05) is 18.4 Å². The predicted octanol–water partition coefficient (Wildman–Crippen LogP) is 4.58. The molecule has 0 fully saturated rings. The van der Waals surface area contributed by atoms with Crippen LogP contribution in [0.5, 0.6) is 5.75 Å². The summed E-state index contributed by atoms with van der Waals surface area (Å²) in [6, 6.07) is 22.1. The number of amides is 2. The summed E-state index contributed by atoms with van der Waals surface area (Å²) in [6.45, 7) is 2.92. The second-order valence-electron chi connectivity index (χ2n) is 10.0. The number of rotatable bonds is 9. The van der Waals surface area contributed by atoms with E-state index in [-0.39, 0.29) is 11.0 Å². The van der Waals surface area contributed by atoms with Crippen LogP contribution in [0.3, 0.4) is 0 Å². The zero-order valence-electron chi connectivity index (χ0n) is 22.6. The lowest BCUT2D eigenvalue weighted by molar-refractivity contribution is 0.146. The third kappa shape index (κ3) is 7.29. The van der Waals surface area contributed by atoms with Crippen LogP contribution >= 0.6 is 0 Å². The lowest BCUT2D eigenvalue weighted by atomic mass is 9.97. The number of aromatic nitrogens is 1. The van der Waals surface area contributed by atoms with Gasteiger partial charge in [-0.2, -0.15) is 0 Å².